The van der Waals surface area contributed by atoms with Crippen molar-refractivity contribution in [2.24, 2.45) is 5.92 Å². The summed E-state index contributed by atoms with van der Waals surface area (Å²) in [6.45, 7) is 11.4. The summed E-state index contributed by atoms with van der Waals surface area (Å²) in [5.41, 5.74) is -0.587. The van der Waals surface area contributed by atoms with Crippen molar-refractivity contribution in [1.82, 2.24) is 0 Å². The molecule has 3 heteroatoms. The first kappa shape index (κ1) is 19.6. The van der Waals surface area contributed by atoms with Crippen LogP contribution in [0, 0.1) is 5.92 Å². The summed E-state index contributed by atoms with van der Waals surface area (Å²) in [5, 5.41) is 10.1. The Morgan fingerprint density at radius 3 is 2.00 bits per heavy atom. The van der Waals surface area contributed by atoms with E-state index in [9.17, 15) is 5.11 Å². The van der Waals surface area contributed by atoms with E-state index >= 15 is 0 Å². The molecule has 0 aromatic heterocycles. The SMILES string of the molecule is C=CCCC(O)(CC=C)C(C)C.Cl.Cl. The number of allylic oxidation sites excluding steroid dienone is 1. The summed E-state index contributed by atoms with van der Waals surface area (Å²) in [7, 11) is 0. The molecular formula is C11H22Cl2O. The fraction of sp³-hybridized carbons (Fsp3) is 0.636. The smallest absolute Gasteiger partial charge is 0.0707 e. The molecule has 0 fully saturated rings. The molecule has 1 N–H and O–H groups in total. The molecule has 0 aromatic rings. The highest BCUT2D eigenvalue weighted by molar-refractivity contribution is 5.85. The summed E-state index contributed by atoms with van der Waals surface area (Å²) >= 11 is 0. The first-order valence-electron chi connectivity index (χ1n) is 4.51. The van der Waals surface area contributed by atoms with Crippen LogP contribution < -0.4 is 0 Å². The van der Waals surface area contributed by atoms with Crippen LogP contribution in [0.4, 0.5) is 0 Å². The highest BCUT2D eigenvalue weighted by atomic mass is 35.5. The van der Waals surface area contributed by atoms with Crippen LogP contribution in [0.1, 0.15) is 33.1 Å². The van der Waals surface area contributed by atoms with E-state index in [-0.39, 0.29) is 30.7 Å². The van der Waals surface area contributed by atoms with Crippen molar-refractivity contribution in [2.75, 3.05) is 0 Å². The van der Waals surface area contributed by atoms with Gasteiger partial charge in [0.05, 0.1) is 5.60 Å². The molecule has 1 unspecified atom stereocenters. The molecule has 0 amide bonds. The van der Waals surface area contributed by atoms with E-state index in [0.717, 1.165) is 12.8 Å². The molecular weight excluding hydrogens is 219 g/mol. The van der Waals surface area contributed by atoms with Crippen molar-refractivity contribution in [2.45, 2.75) is 38.7 Å². The zero-order valence-electron chi connectivity index (χ0n) is 9.03. The Kier molecular flexibility index (Phi) is 13.4. The Bertz CT molecular complexity index is 157. The van der Waals surface area contributed by atoms with Crippen LogP contribution in [0.5, 0.6) is 0 Å². The highest BCUT2D eigenvalue weighted by Crippen LogP contribution is 2.26. The Morgan fingerprint density at radius 1 is 1.21 bits per heavy atom. The normalized spacial score (nSPS) is 13.4. The van der Waals surface area contributed by atoms with Gasteiger partial charge in [0.2, 0.25) is 0 Å². The molecule has 14 heavy (non-hydrogen) atoms. The van der Waals surface area contributed by atoms with Gasteiger partial charge in [-0.1, -0.05) is 26.0 Å². The summed E-state index contributed by atoms with van der Waals surface area (Å²) in [4.78, 5) is 0. The summed E-state index contributed by atoms with van der Waals surface area (Å²) in [6, 6.07) is 0. The number of aliphatic hydroxyl groups is 1. The molecule has 86 valence electrons. The maximum Gasteiger partial charge on any atom is 0.0707 e. The Balaban J connectivity index is -0.000000605. The molecule has 0 saturated carbocycles. The Labute approximate surface area is 100 Å². The lowest BCUT2D eigenvalue weighted by atomic mass is 9.83. The predicted octanol–water partition coefficient (Wildman–Crippen LogP) is 3.76. The van der Waals surface area contributed by atoms with Crippen molar-refractivity contribution in [3.05, 3.63) is 25.3 Å². The van der Waals surface area contributed by atoms with Crippen molar-refractivity contribution >= 4 is 24.8 Å². The van der Waals surface area contributed by atoms with Crippen molar-refractivity contribution in [3.63, 3.8) is 0 Å². The van der Waals surface area contributed by atoms with Gasteiger partial charge in [-0.15, -0.1) is 38.0 Å². The summed E-state index contributed by atoms with van der Waals surface area (Å²) < 4.78 is 0. The van der Waals surface area contributed by atoms with Gasteiger partial charge < -0.3 is 5.11 Å². The fourth-order valence-electron chi connectivity index (χ4n) is 1.23. The van der Waals surface area contributed by atoms with Crippen LogP contribution in [-0.4, -0.2) is 10.7 Å². The van der Waals surface area contributed by atoms with Crippen LogP contribution in [-0.2, 0) is 0 Å². The zero-order chi connectivity index (χ0) is 9.61. The molecule has 0 heterocycles. The Hall–Kier alpha value is 0.0200. The van der Waals surface area contributed by atoms with Gasteiger partial charge in [0, 0.05) is 0 Å². The number of rotatable bonds is 6. The van der Waals surface area contributed by atoms with E-state index in [2.05, 4.69) is 13.2 Å². The average molecular weight is 241 g/mol. The van der Waals surface area contributed by atoms with Gasteiger partial charge in [-0.2, -0.15) is 0 Å². The molecule has 0 aromatic carbocycles. The van der Waals surface area contributed by atoms with Crippen molar-refractivity contribution in [1.29, 1.82) is 0 Å². The molecule has 0 saturated heterocycles. The minimum Gasteiger partial charge on any atom is -0.389 e. The fourth-order valence-corrected chi connectivity index (χ4v) is 1.23. The first-order valence-corrected chi connectivity index (χ1v) is 4.51. The van der Waals surface area contributed by atoms with Gasteiger partial charge in [-0.3, -0.25) is 0 Å². The molecule has 1 atom stereocenters. The third-order valence-electron chi connectivity index (χ3n) is 2.35. The average Bonchev–Trinajstić information content (AvgIpc) is 2.01. The first-order chi connectivity index (χ1) is 5.56. The van der Waals surface area contributed by atoms with Crippen LogP contribution >= 0.6 is 24.8 Å². The second kappa shape index (κ2) is 9.57. The van der Waals surface area contributed by atoms with Crippen LogP contribution in [0.25, 0.3) is 0 Å². The van der Waals surface area contributed by atoms with Gasteiger partial charge >= 0.3 is 0 Å². The van der Waals surface area contributed by atoms with E-state index < -0.39 is 5.60 Å². The van der Waals surface area contributed by atoms with E-state index in [4.69, 9.17) is 0 Å². The van der Waals surface area contributed by atoms with Crippen molar-refractivity contribution < 1.29 is 5.11 Å². The summed E-state index contributed by atoms with van der Waals surface area (Å²) in [6.07, 6.45) is 5.93. The van der Waals surface area contributed by atoms with E-state index in [1.54, 1.807) is 6.08 Å². The monoisotopic (exact) mass is 240 g/mol. The van der Waals surface area contributed by atoms with Gasteiger partial charge in [-0.05, 0) is 25.2 Å². The molecule has 1 nitrogen and oxygen atoms in total. The lowest BCUT2D eigenvalue weighted by Crippen LogP contribution is -2.34. The zero-order valence-corrected chi connectivity index (χ0v) is 10.7. The lowest BCUT2D eigenvalue weighted by molar-refractivity contribution is -0.00926. The largest absolute Gasteiger partial charge is 0.389 e. The maximum atomic E-state index is 10.1. The predicted molar refractivity (Wildman–Crippen MR) is 68.5 cm³/mol. The summed E-state index contributed by atoms with van der Waals surface area (Å²) in [5.74, 6) is 0.274. The molecule has 0 aliphatic heterocycles. The minimum atomic E-state index is -0.587. The number of hydrogen-bond donors (Lipinski definition) is 1. The Morgan fingerprint density at radius 2 is 1.71 bits per heavy atom. The molecule has 0 radical (unpaired) electrons. The van der Waals surface area contributed by atoms with E-state index in [1.807, 2.05) is 19.9 Å². The molecule has 0 rings (SSSR count). The second-order valence-corrected chi connectivity index (χ2v) is 3.58. The number of halogens is 2. The van der Waals surface area contributed by atoms with E-state index in [1.165, 1.54) is 0 Å². The van der Waals surface area contributed by atoms with Crippen molar-refractivity contribution in [3.8, 4) is 0 Å². The molecule has 0 spiro atoms. The third kappa shape index (κ3) is 6.47. The third-order valence-corrected chi connectivity index (χ3v) is 2.35. The topological polar surface area (TPSA) is 20.2 Å². The van der Waals surface area contributed by atoms with Crippen LogP contribution in [0.2, 0.25) is 0 Å². The van der Waals surface area contributed by atoms with Gasteiger partial charge in [0.1, 0.15) is 0 Å². The van der Waals surface area contributed by atoms with E-state index in [0.29, 0.717) is 6.42 Å². The molecule has 0 aliphatic carbocycles. The second-order valence-electron chi connectivity index (χ2n) is 3.58. The highest BCUT2D eigenvalue weighted by Gasteiger charge is 2.28. The minimum absolute atomic E-state index is 0. The number of hydrogen-bond acceptors (Lipinski definition) is 1. The molecule has 0 bridgehead atoms. The van der Waals surface area contributed by atoms with Gasteiger partial charge in [-0.25, -0.2) is 0 Å². The van der Waals surface area contributed by atoms with Gasteiger partial charge in [0.25, 0.3) is 0 Å². The maximum absolute atomic E-state index is 10.1. The van der Waals surface area contributed by atoms with Crippen LogP contribution in [0.3, 0.4) is 0 Å². The molecule has 0 aliphatic rings. The quantitative estimate of drug-likeness (QED) is 0.702. The lowest BCUT2D eigenvalue weighted by Gasteiger charge is -2.30. The van der Waals surface area contributed by atoms with Crippen LogP contribution in [0.15, 0.2) is 25.3 Å². The standard InChI is InChI=1S/C11H20O.2ClH/c1-5-7-9-11(12,8-6-2)10(3)4;;/h5-6,10,12H,1-2,7-9H2,3-4H3;2*1H. The van der Waals surface area contributed by atoms with Gasteiger partial charge in [0.15, 0.2) is 0 Å².